The lowest BCUT2D eigenvalue weighted by molar-refractivity contribution is -0.143. The van der Waals surface area contributed by atoms with E-state index in [2.05, 4.69) is 78.4 Å². The number of imidazole rings is 2. The van der Waals surface area contributed by atoms with Gasteiger partial charge in [0.15, 0.2) is 0 Å². The van der Waals surface area contributed by atoms with Crippen molar-refractivity contribution in [3.05, 3.63) is 66.3 Å². The fourth-order valence-electron chi connectivity index (χ4n) is 10.1. The number of amides is 13. The number of H-pyrrole nitrogens is 2. The minimum absolute atomic E-state index is 0.0359. The van der Waals surface area contributed by atoms with Crippen molar-refractivity contribution in [2.24, 2.45) is 11.5 Å². The first-order chi connectivity index (χ1) is 50.8. The van der Waals surface area contributed by atoms with E-state index in [1.165, 1.54) is 48.7 Å². The molecule has 0 radical (unpaired) electrons. The number of nitrogens with two attached hydrogens (primary N) is 2. The van der Waals surface area contributed by atoms with Crippen LogP contribution in [0.3, 0.4) is 0 Å². The number of hydrogen-bond donors (Lipinski definition) is 20. The molecule has 107 heavy (non-hydrogen) atoms. The Labute approximate surface area is 613 Å². The fraction of sp³-hybridized carbons (Fsp3) is 0.554. The number of unbranched alkanes of at least 4 members (excludes halogenated alkanes) is 2. The maximum atomic E-state index is 14.6. The maximum Gasteiger partial charge on any atom is 0.317 e. The van der Waals surface area contributed by atoms with Gasteiger partial charge in [-0.1, -0.05) is 12.1 Å². The highest BCUT2D eigenvalue weighted by Crippen LogP contribution is 2.14. The van der Waals surface area contributed by atoms with Gasteiger partial charge in [0, 0.05) is 128 Å². The minimum Gasteiger partial charge on any atom is -0.508 e. The highest BCUT2D eigenvalue weighted by Gasteiger charge is 2.33. The normalized spacial score (nSPS) is 12.4. The molecule has 0 fully saturated rings. The van der Waals surface area contributed by atoms with Crippen LogP contribution in [-0.2, 0) is 101 Å². The van der Waals surface area contributed by atoms with E-state index in [-0.39, 0.29) is 122 Å². The van der Waals surface area contributed by atoms with Crippen LogP contribution in [0.2, 0.25) is 0 Å². The molecule has 0 spiro atoms. The number of nitrogens with one attached hydrogen (secondary N) is 13. The molecule has 590 valence electrons. The van der Waals surface area contributed by atoms with E-state index in [0.717, 1.165) is 21.2 Å². The van der Waals surface area contributed by atoms with Gasteiger partial charge < -0.3 is 105 Å². The zero-order valence-electron chi connectivity index (χ0n) is 59.3. The number of aromatic nitrogens is 4. The van der Waals surface area contributed by atoms with Crippen LogP contribution in [0.25, 0.3) is 0 Å². The lowest BCUT2D eigenvalue weighted by atomic mass is 10.0. The highest BCUT2D eigenvalue weighted by molar-refractivity contribution is 5.97. The van der Waals surface area contributed by atoms with Crippen LogP contribution in [0.15, 0.2) is 49.3 Å². The topological polar surface area (TPSA) is 643 Å². The molecule has 0 bridgehead atoms. The molecule has 42 heteroatoms. The van der Waals surface area contributed by atoms with Crippen LogP contribution in [-0.4, -0.2) is 289 Å². The molecule has 0 aliphatic carbocycles. The van der Waals surface area contributed by atoms with E-state index in [0.29, 0.717) is 31.5 Å². The van der Waals surface area contributed by atoms with Crippen LogP contribution in [0.4, 0.5) is 0 Å². The first-order valence-electron chi connectivity index (χ1n) is 34.3. The predicted octanol–water partition coefficient (Wildman–Crippen LogP) is -7.10. The Morgan fingerprint density at radius 3 is 1.26 bits per heavy atom. The van der Waals surface area contributed by atoms with Crippen molar-refractivity contribution in [2.45, 2.75) is 133 Å². The second-order valence-electron chi connectivity index (χ2n) is 24.7. The van der Waals surface area contributed by atoms with Crippen molar-refractivity contribution in [3.8, 4) is 5.75 Å². The minimum atomic E-state index is -1.65. The SMILES string of the molecule is CC(NC(=O)C(CCC(N)=O)NC(=O)CN(CCN(CCN(CC(=O)O)CC(=O)O)CC(=O)O)CC(=O)O)C(=O)NC(CCCCNC(=O)CNC(=O)CCC(=O)NCCc1cnc[nH]1)C(=O)NC(Cc1ccc(O)cc1)C(=O)NC(CCCCNC(=O)CNC(=O)CCC(=O)NCCc1cnc[nH]1)C(N)=O. The quantitative estimate of drug-likeness (QED) is 0.0234. The number of aromatic hydroxyl groups is 1. The molecule has 42 nitrogen and oxygen atoms in total. The summed E-state index contributed by atoms with van der Waals surface area (Å²) in [6.45, 7) is -3.71. The number of primary amides is 2. The number of hydrogen-bond acceptors (Lipinski definition) is 23. The van der Waals surface area contributed by atoms with Crippen LogP contribution in [0.1, 0.15) is 101 Å². The van der Waals surface area contributed by atoms with E-state index in [9.17, 15) is 107 Å². The average Bonchev–Trinajstić information content (AvgIpc) is 1.73. The van der Waals surface area contributed by atoms with E-state index in [1.54, 1.807) is 12.4 Å². The molecular formula is C65H98N20O22. The van der Waals surface area contributed by atoms with E-state index >= 15 is 0 Å². The van der Waals surface area contributed by atoms with Crippen molar-refractivity contribution in [3.63, 3.8) is 0 Å². The number of rotatable bonds is 57. The fourth-order valence-corrected chi connectivity index (χ4v) is 10.1. The van der Waals surface area contributed by atoms with Gasteiger partial charge in [0.05, 0.1) is 58.5 Å². The van der Waals surface area contributed by atoms with Crippen LogP contribution in [0, 0.1) is 0 Å². The molecule has 2 heterocycles. The third kappa shape index (κ3) is 41.4. The van der Waals surface area contributed by atoms with Crippen molar-refractivity contribution >= 4 is 101 Å². The number of benzene rings is 1. The summed E-state index contributed by atoms with van der Waals surface area (Å²) < 4.78 is 0. The van der Waals surface area contributed by atoms with E-state index in [1.807, 2.05) is 0 Å². The molecule has 13 amide bonds. The van der Waals surface area contributed by atoms with Gasteiger partial charge in [0.2, 0.25) is 76.8 Å². The van der Waals surface area contributed by atoms with Crippen molar-refractivity contribution in [1.29, 1.82) is 0 Å². The van der Waals surface area contributed by atoms with Crippen molar-refractivity contribution in [2.75, 3.05) is 98.2 Å². The molecule has 3 rings (SSSR count). The Morgan fingerprint density at radius 2 is 0.813 bits per heavy atom. The molecule has 0 aliphatic rings. The largest absolute Gasteiger partial charge is 0.508 e. The average molecular weight is 1510 g/mol. The smallest absolute Gasteiger partial charge is 0.317 e. The summed E-state index contributed by atoms with van der Waals surface area (Å²) in [6.07, 6.45) is 5.61. The van der Waals surface area contributed by atoms with Gasteiger partial charge in [0.25, 0.3) is 0 Å². The Balaban J connectivity index is 1.76. The molecule has 5 atom stereocenters. The van der Waals surface area contributed by atoms with Gasteiger partial charge in [-0.3, -0.25) is 96.2 Å². The summed E-state index contributed by atoms with van der Waals surface area (Å²) >= 11 is 0. The third-order valence-corrected chi connectivity index (χ3v) is 15.7. The maximum absolute atomic E-state index is 14.6. The molecule has 0 saturated heterocycles. The molecule has 5 unspecified atom stereocenters. The molecule has 3 aromatic rings. The zero-order chi connectivity index (χ0) is 79.2. The van der Waals surface area contributed by atoms with Gasteiger partial charge in [-0.2, -0.15) is 0 Å². The van der Waals surface area contributed by atoms with Gasteiger partial charge in [-0.25, -0.2) is 9.97 Å². The Kier molecular flexibility index (Phi) is 41.7. The summed E-state index contributed by atoms with van der Waals surface area (Å²) in [5.74, 6) is -15.7. The Hall–Kier alpha value is -11.7. The van der Waals surface area contributed by atoms with E-state index < -0.39 is 184 Å². The predicted molar refractivity (Wildman–Crippen MR) is 373 cm³/mol. The van der Waals surface area contributed by atoms with Gasteiger partial charge >= 0.3 is 23.9 Å². The molecule has 0 aliphatic heterocycles. The standard InChI is InChI=1S/C65H98N20O22/c1-40(78-63(105)47(12-13-49(66)87)79-56(94)33-84(35-58(97)98)26-24-83(34-57(95)96)25-27-85(36-59(99)100)37-60(101)102)62(104)81-46(7-3-5-21-71-55(93)32-75-53(91)17-15-51(89)73-23-19-43-30-69-39-77-43)64(106)82-48(28-41-8-10-44(86)11-9-41)65(107)80-45(61(67)103)6-2-4-20-70-54(92)31-74-52(90)16-14-50(88)72-22-18-42-29-68-38-76-42/h8-11,29-30,38-40,45-48,86H,2-7,12-28,31-37H2,1H3,(H2,66,87)(H2,67,103)(H,68,76)(H,69,77)(H,70,92)(H,71,93)(H,72,88)(H,73,89)(H,74,90)(H,75,91)(H,78,105)(H,79,94)(H,80,107)(H,81,104)(H,82,106)(H,95,96)(H,97,98)(H,99,100)(H,101,102). The first-order valence-corrected chi connectivity index (χ1v) is 34.3. The second kappa shape index (κ2) is 49.9. The first kappa shape index (κ1) is 89.5. The summed E-state index contributed by atoms with van der Waals surface area (Å²) in [7, 11) is 0. The molecule has 2 aromatic heterocycles. The van der Waals surface area contributed by atoms with Crippen LogP contribution < -0.4 is 70.0 Å². The molecule has 0 saturated carbocycles. The van der Waals surface area contributed by atoms with Gasteiger partial charge in [0.1, 0.15) is 36.0 Å². The number of phenolic OH excluding ortho intramolecular Hbond substituents is 1. The number of carbonyl (C=O) groups excluding carboxylic acids is 13. The number of phenols is 1. The number of carboxylic acids is 4. The van der Waals surface area contributed by atoms with Crippen LogP contribution >= 0.6 is 0 Å². The zero-order valence-corrected chi connectivity index (χ0v) is 59.3. The lowest BCUT2D eigenvalue weighted by Crippen LogP contribution is -2.59. The second-order valence-corrected chi connectivity index (χ2v) is 24.7. The molecule has 22 N–H and O–H groups in total. The summed E-state index contributed by atoms with van der Waals surface area (Å²) in [5, 5.41) is 75.7. The number of aliphatic carboxylic acids is 4. The number of carboxylic acid groups (broad SMARTS) is 4. The number of nitrogens with zero attached hydrogens (tertiary/aromatic N) is 5. The van der Waals surface area contributed by atoms with Gasteiger partial charge in [-0.15, -0.1) is 0 Å². The summed E-state index contributed by atoms with van der Waals surface area (Å²) in [6, 6.07) is -2.20. The third-order valence-electron chi connectivity index (χ3n) is 15.7. The Morgan fingerprint density at radius 1 is 0.421 bits per heavy atom. The number of carbonyl (C=O) groups is 17. The van der Waals surface area contributed by atoms with E-state index in [4.69, 9.17) is 11.5 Å². The van der Waals surface area contributed by atoms with Gasteiger partial charge in [-0.05, 0) is 69.6 Å². The highest BCUT2D eigenvalue weighted by atomic mass is 16.4. The molecule has 1 aromatic carbocycles. The van der Waals surface area contributed by atoms with Crippen molar-refractivity contribution < 1.29 is 107 Å². The Bertz CT molecular complexity index is 3420. The number of aromatic amines is 2. The monoisotopic (exact) mass is 1510 g/mol. The summed E-state index contributed by atoms with van der Waals surface area (Å²) in [4.78, 5) is 233. The molecular weight excluding hydrogens is 1410 g/mol. The van der Waals surface area contributed by atoms with Crippen LogP contribution in [0.5, 0.6) is 5.75 Å². The van der Waals surface area contributed by atoms with Crippen molar-refractivity contribution in [1.82, 2.24) is 93.1 Å². The lowest BCUT2D eigenvalue weighted by Gasteiger charge is -2.28. The summed E-state index contributed by atoms with van der Waals surface area (Å²) in [5.41, 5.74) is 13.1.